The number of carbonyl (C=O) groups excluding carboxylic acids is 1. The Balaban J connectivity index is 2.34. The van der Waals surface area contributed by atoms with Crippen molar-refractivity contribution >= 4 is 12.0 Å². The maximum Gasteiger partial charge on any atom is 0.269 e. The monoisotopic (exact) mass is 218 g/mol. The molecule has 0 unspecified atom stereocenters. The first kappa shape index (κ1) is 9.97. The predicted molar refractivity (Wildman–Crippen MR) is 53.4 cm³/mol. The average molecular weight is 218 g/mol. The highest BCUT2D eigenvalue weighted by Gasteiger charge is 2.06. The van der Waals surface area contributed by atoms with Crippen molar-refractivity contribution < 1.29 is 9.72 Å². The summed E-state index contributed by atoms with van der Waals surface area (Å²) in [5, 5.41) is 18.1. The summed E-state index contributed by atoms with van der Waals surface area (Å²) in [7, 11) is 0. The van der Waals surface area contributed by atoms with Crippen molar-refractivity contribution in [2.45, 2.75) is 0 Å². The molecule has 2 aromatic rings. The van der Waals surface area contributed by atoms with Gasteiger partial charge in [0.05, 0.1) is 16.8 Å². The van der Waals surface area contributed by atoms with E-state index in [0.717, 1.165) is 0 Å². The molecule has 0 amide bonds. The van der Waals surface area contributed by atoms with Gasteiger partial charge in [-0.1, -0.05) is 0 Å². The summed E-state index contributed by atoms with van der Waals surface area (Å²) >= 11 is 0. The second-order valence-corrected chi connectivity index (χ2v) is 2.95. The highest BCUT2D eigenvalue weighted by molar-refractivity contribution is 5.70. The number of hydrogen-bond acceptors (Lipinski definition) is 5. The van der Waals surface area contributed by atoms with Crippen molar-refractivity contribution in [3.63, 3.8) is 0 Å². The average Bonchev–Trinajstić information content (AvgIpc) is 2.77. The summed E-state index contributed by atoms with van der Waals surface area (Å²) in [6.07, 6.45) is 1.89. The van der Waals surface area contributed by atoms with Gasteiger partial charge in [-0.25, -0.2) is 0 Å². The van der Waals surface area contributed by atoms with E-state index in [1.807, 2.05) is 0 Å². The van der Waals surface area contributed by atoms with Gasteiger partial charge in [-0.05, 0) is 12.1 Å². The fraction of sp³-hybridized carbons (Fsp3) is 0. The molecule has 0 fully saturated rings. The highest BCUT2D eigenvalue weighted by Crippen LogP contribution is 2.13. The van der Waals surface area contributed by atoms with Crippen LogP contribution in [0.2, 0.25) is 0 Å². The minimum atomic E-state index is -0.489. The third-order valence-electron chi connectivity index (χ3n) is 1.92. The van der Waals surface area contributed by atoms with Gasteiger partial charge in [-0.15, -0.1) is 5.10 Å². The van der Waals surface area contributed by atoms with Gasteiger partial charge in [0.25, 0.3) is 5.69 Å². The maximum atomic E-state index is 10.4. The fourth-order valence-electron chi connectivity index (χ4n) is 1.16. The number of aromatic nitrogens is 3. The first-order valence-corrected chi connectivity index (χ1v) is 4.33. The van der Waals surface area contributed by atoms with Crippen molar-refractivity contribution in [1.82, 2.24) is 15.0 Å². The minimum absolute atomic E-state index is 0.00785. The number of aldehydes is 1. The molecule has 0 saturated carbocycles. The molecule has 0 spiro atoms. The van der Waals surface area contributed by atoms with Crippen LogP contribution in [-0.2, 0) is 0 Å². The molecular formula is C9H6N4O3. The molecule has 0 N–H and O–H groups in total. The van der Waals surface area contributed by atoms with Gasteiger partial charge in [0.15, 0.2) is 6.29 Å². The van der Waals surface area contributed by atoms with Crippen LogP contribution in [0.15, 0.2) is 30.5 Å². The fourth-order valence-corrected chi connectivity index (χ4v) is 1.16. The lowest BCUT2D eigenvalue weighted by Crippen LogP contribution is -1.99. The van der Waals surface area contributed by atoms with Crippen LogP contribution >= 0.6 is 0 Å². The van der Waals surface area contributed by atoms with Gasteiger partial charge in [-0.3, -0.25) is 14.9 Å². The summed E-state index contributed by atoms with van der Waals surface area (Å²) in [5.41, 5.74) is 0.753. The van der Waals surface area contributed by atoms with Crippen LogP contribution in [0.3, 0.4) is 0 Å². The van der Waals surface area contributed by atoms with E-state index in [0.29, 0.717) is 12.0 Å². The van der Waals surface area contributed by atoms with E-state index in [-0.39, 0.29) is 11.4 Å². The molecule has 7 nitrogen and oxygen atoms in total. The van der Waals surface area contributed by atoms with Gasteiger partial charge < -0.3 is 0 Å². The zero-order chi connectivity index (χ0) is 11.5. The van der Waals surface area contributed by atoms with Gasteiger partial charge >= 0.3 is 0 Å². The number of hydrogen-bond donors (Lipinski definition) is 0. The summed E-state index contributed by atoms with van der Waals surface area (Å²) in [5.74, 6) is 0. The molecule has 2 rings (SSSR count). The summed E-state index contributed by atoms with van der Waals surface area (Å²) in [4.78, 5) is 21.6. The van der Waals surface area contributed by atoms with E-state index in [4.69, 9.17) is 0 Å². The Bertz CT molecular complexity index is 532. The predicted octanol–water partition coefficient (Wildman–Crippen LogP) is 0.988. The summed E-state index contributed by atoms with van der Waals surface area (Å²) < 4.78 is 0. The first-order chi connectivity index (χ1) is 7.70. The molecule has 0 saturated heterocycles. The summed E-state index contributed by atoms with van der Waals surface area (Å²) in [6.45, 7) is 0. The van der Waals surface area contributed by atoms with E-state index in [1.54, 1.807) is 0 Å². The van der Waals surface area contributed by atoms with Crippen LogP contribution in [0.1, 0.15) is 10.5 Å². The molecule has 0 bridgehead atoms. The number of benzene rings is 1. The molecule has 80 valence electrons. The van der Waals surface area contributed by atoms with E-state index in [1.165, 1.54) is 35.3 Å². The number of non-ortho nitro benzene ring substituents is 1. The maximum absolute atomic E-state index is 10.4. The molecule has 0 aliphatic carbocycles. The Morgan fingerprint density at radius 2 is 2.00 bits per heavy atom. The molecule has 7 heteroatoms. The van der Waals surface area contributed by atoms with Crippen molar-refractivity contribution in [2.24, 2.45) is 0 Å². The number of rotatable bonds is 3. The zero-order valence-corrected chi connectivity index (χ0v) is 7.98. The molecule has 1 heterocycles. The standard InChI is InChI=1S/C9H6N4O3/c14-6-7-5-10-12(11-7)8-1-3-9(4-2-8)13(15)16/h1-6H. The lowest BCUT2D eigenvalue weighted by atomic mass is 10.3. The summed E-state index contributed by atoms with van der Waals surface area (Å²) in [6, 6.07) is 5.71. The van der Waals surface area contributed by atoms with E-state index >= 15 is 0 Å². The highest BCUT2D eigenvalue weighted by atomic mass is 16.6. The van der Waals surface area contributed by atoms with Crippen LogP contribution in [0.25, 0.3) is 5.69 Å². The largest absolute Gasteiger partial charge is 0.296 e. The van der Waals surface area contributed by atoms with Gasteiger partial charge in [0, 0.05) is 12.1 Å². The molecule has 0 atom stereocenters. The third-order valence-corrected chi connectivity index (χ3v) is 1.92. The van der Waals surface area contributed by atoms with E-state index < -0.39 is 4.92 Å². The molecule has 0 aliphatic heterocycles. The molecular weight excluding hydrogens is 212 g/mol. The zero-order valence-electron chi connectivity index (χ0n) is 7.98. The number of carbonyl (C=O) groups is 1. The smallest absolute Gasteiger partial charge is 0.269 e. The first-order valence-electron chi connectivity index (χ1n) is 4.33. The Morgan fingerprint density at radius 1 is 1.31 bits per heavy atom. The minimum Gasteiger partial charge on any atom is -0.296 e. The lowest BCUT2D eigenvalue weighted by molar-refractivity contribution is -0.384. The van der Waals surface area contributed by atoms with Crippen LogP contribution < -0.4 is 0 Å². The second-order valence-electron chi connectivity index (χ2n) is 2.95. The molecule has 1 aromatic heterocycles. The quantitative estimate of drug-likeness (QED) is 0.435. The number of nitrogens with zero attached hydrogens (tertiary/aromatic N) is 4. The lowest BCUT2D eigenvalue weighted by Gasteiger charge is -1.97. The SMILES string of the molecule is O=Cc1cnn(-c2ccc([N+](=O)[O-])cc2)n1. The van der Waals surface area contributed by atoms with Gasteiger partial charge in [-0.2, -0.15) is 9.90 Å². The van der Waals surface area contributed by atoms with Crippen molar-refractivity contribution in [3.05, 3.63) is 46.3 Å². The molecule has 0 aliphatic rings. The second kappa shape index (κ2) is 3.89. The van der Waals surface area contributed by atoms with Gasteiger partial charge in [0.1, 0.15) is 5.69 Å². The van der Waals surface area contributed by atoms with Crippen LogP contribution in [0.4, 0.5) is 5.69 Å². The topological polar surface area (TPSA) is 90.9 Å². The Labute approximate surface area is 89.5 Å². The van der Waals surface area contributed by atoms with Crippen LogP contribution in [0.5, 0.6) is 0 Å². The van der Waals surface area contributed by atoms with Crippen molar-refractivity contribution in [2.75, 3.05) is 0 Å². The van der Waals surface area contributed by atoms with Gasteiger partial charge in [0.2, 0.25) is 0 Å². The normalized spacial score (nSPS) is 10.0. The van der Waals surface area contributed by atoms with E-state index in [9.17, 15) is 14.9 Å². The van der Waals surface area contributed by atoms with E-state index in [2.05, 4.69) is 10.2 Å². The Hall–Kier alpha value is -2.57. The Kier molecular flexibility index (Phi) is 2.42. The third kappa shape index (κ3) is 1.78. The molecule has 1 aromatic carbocycles. The van der Waals surface area contributed by atoms with Crippen LogP contribution in [0, 0.1) is 10.1 Å². The molecule has 16 heavy (non-hydrogen) atoms. The van der Waals surface area contributed by atoms with Crippen molar-refractivity contribution in [3.8, 4) is 5.69 Å². The molecule has 0 radical (unpaired) electrons. The number of nitro groups is 1. The number of nitro benzene ring substituents is 1. The Morgan fingerprint density at radius 3 is 2.50 bits per heavy atom. The van der Waals surface area contributed by atoms with Crippen molar-refractivity contribution in [1.29, 1.82) is 0 Å². The van der Waals surface area contributed by atoms with Crippen LogP contribution in [-0.4, -0.2) is 26.2 Å².